The van der Waals surface area contributed by atoms with E-state index in [-0.39, 0.29) is 29.8 Å². The first-order valence-electron chi connectivity index (χ1n) is 11.2. The Morgan fingerprint density at radius 2 is 1.94 bits per heavy atom. The summed E-state index contributed by atoms with van der Waals surface area (Å²) in [4.78, 5) is 17.4. The molecule has 2 fully saturated rings. The zero-order valence-electron chi connectivity index (χ0n) is 19.5. The Morgan fingerprint density at radius 3 is 2.53 bits per heavy atom. The number of aromatic nitrogens is 2. The minimum absolute atomic E-state index is 0.134. The molecule has 0 radical (unpaired) electrons. The lowest BCUT2D eigenvalue weighted by molar-refractivity contribution is -0.148. The SMILES string of the molecule is CC(C)(C)N=C(Cl)C(=CN)Nc1ncc2cc(Cl)c(N3CCC(N4CC(F)(F)C4)CC3)cc2n1. The maximum atomic E-state index is 13.2. The first-order valence-corrected chi connectivity index (χ1v) is 12.0. The summed E-state index contributed by atoms with van der Waals surface area (Å²) < 4.78 is 26.5. The van der Waals surface area contributed by atoms with Gasteiger partial charge in [0.1, 0.15) is 5.17 Å². The number of halogens is 4. The lowest BCUT2D eigenvalue weighted by Gasteiger charge is -2.47. The van der Waals surface area contributed by atoms with Crippen molar-refractivity contribution in [3.63, 3.8) is 0 Å². The molecular formula is C23H29Cl2F2N7. The second-order valence-electron chi connectivity index (χ2n) is 9.81. The van der Waals surface area contributed by atoms with Gasteiger partial charge in [-0.1, -0.05) is 23.2 Å². The molecule has 2 aromatic rings. The molecule has 0 unspecified atom stereocenters. The fraction of sp³-hybridized carbons (Fsp3) is 0.522. The number of fused-ring (bicyclic) bond motifs is 1. The number of aliphatic imine (C=N–C) groups is 1. The van der Waals surface area contributed by atoms with Crippen molar-refractivity contribution in [1.29, 1.82) is 0 Å². The van der Waals surface area contributed by atoms with Gasteiger partial charge >= 0.3 is 0 Å². The minimum Gasteiger partial charge on any atom is -0.403 e. The molecule has 0 amide bonds. The van der Waals surface area contributed by atoms with Crippen LogP contribution >= 0.6 is 23.2 Å². The summed E-state index contributed by atoms with van der Waals surface area (Å²) in [6.45, 7) is 7.02. The van der Waals surface area contributed by atoms with E-state index in [4.69, 9.17) is 28.9 Å². The van der Waals surface area contributed by atoms with Crippen molar-refractivity contribution < 1.29 is 8.78 Å². The largest absolute Gasteiger partial charge is 0.403 e. The summed E-state index contributed by atoms with van der Waals surface area (Å²) in [5.74, 6) is -2.21. The maximum absolute atomic E-state index is 13.2. The second-order valence-corrected chi connectivity index (χ2v) is 10.6. The van der Waals surface area contributed by atoms with Gasteiger partial charge in [0, 0.05) is 36.9 Å². The third kappa shape index (κ3) is 5.70. The van der Waals surface area contributed by atoms with Gasteiger partial charge in [-0.2, -0.15) is 0 Å². The first kappa shape index (κ1) is 24.9. The van der Waals surface area contributed by atoms with Crippen LogP contribution in [0.3, 0.4) is 0 Å². The monoisotopic (exact) mass is 511 g/mol. The average Bonchev–Trinajstić information content (AvgIpc) is 2.74. The second kappa shape index (κ2) is 9.43. The van der Waals surface area contributed by atoms with Crippen molar-refractivity contribution >= 4 is 50.9 Å². The van der Waals surface area contributed by atoms with Crippen LogP contribution in [-0.4, -0.2) is 63.7 Å². The van der Waals surface area contributed by atoms with E-state index in [0.717, 1.165) is 37.0 Å². The van der Waals surface area contributed by atoms with E-state index in [1.54, 1.807) is 6.20 Å². The predicted molar refractivity (Wildman–Crippen MR) is 135 cm³/mol. The Hall–Kier alpha value is -2.23. The number of nitrogens with one attached hydrogen (secondary N) is 1. The van der Waals surface area contributed by atoms with Gasteiger partial charge in [-0.25, -0.2) is 18.7 Å². The molecule has 1 aromatic heterocycles. The van der Waals surface area contributed by atoms with Gasteiger partial charge in [0.2, 0.25) is 5.95 Å². The van der Waals surface area contributed by atoms with Gasteiger partial charge < -0.3 is 16.0 Å². The summed E-state index contributed by atoms with van der Waals surface area (Å²) in [7, 11) is 0. The van der Waals surface area contributed by atoms with E-state index in [0.29, 0.717) is 22.2 Å². The van der Waals surface area contributed by atoms with Crippen LogP contribution < -0.4 is 16.0 Å². The number of anilines is 2. The van der Waals surface area contributed by atoms with E-state index in [1.165, 1.54) is 6.20 Å². The minimum atomic E-state index is -2.54. The molecule has 3 N–H and O–H groups in total. The number of hydrogen-bond acceptors (Lipinski definition) is 7. The Morgan fingerprint density at radius 1 is 1.26 bits per heavy atom. The third-order valence-electron chi connectivity index (χ3n) is 5.91. The molecule has 7 nitrogen and oxygen atoms in total. The maximum Gasteiger partial charge on any atom is 0.272 e. The number of piperidine rings is 1. The van der Waals surface area contributed by atoms with Crippen LogP contribution in [0.25, 0.3) is 10.9 Å². The van der Waals surface area contributed by atoms with Crippen LogP contribution in [0.1, 0.15) is 33.6 Å². The molecule has 2 aliphatic rings. The molecule has 2 aliphatic heterocycles. The summed E-state index contributed by atoms with van der Waals surface area (Å²) in [6.07, 6.45) is 4.64. The normalized spacial score (nSPS) is 20.5. The summed E-state index contributed by atoms with van der Waals surface area (Å²) in [5.41, 5.74) is 7.36. The topological polar surface area (TPSA) is 82.7 Å². The van der Waals surface area contributed by atoms with E-state index in [1.807, 2.05) is 37.8 Å². The van der Waals surface area contributed by atoms with Gasteiger partial charge in [-0.05, 0) is 45.7 Å². The zero-order chi connectivity index (χ0) is 24.7. The molecule has 0 aliphatic carbocycles. The van der Waals surface area contributed by atoms with Crippen molar-refractivity contribution in [2.45, 2.75) is 51.1 Å². The van der Waals surface area contributed by atoms with Crippen LogP contribution in [0, 0.1) is 0 Å². The van der Waals surface area contributed by atoms with Gasteiger partial charge in [0.25, 0.3) is 5.92 Å². The quantitative estimate of drug-likeness (QED) is 0.558. The Balaban J connectivity index is 1.50. The molecule has 184 valence electrons. The fourth-order valence-corrected chi connectivity index (χ4v) is 4.91. The van der Waals surface area contributed by atoms with E-state index < -0.39 is 5.92 Å². The zero-order valence-corrected chi connectivity index (χ0v) is 21.0. The average molecular weight is 512 g/mol. The third-order valence-corrected chi connectivity index (χ3v) is 6.50. The highest BCUT2D eigenvalue weighted by Gasteiger charge is 2.46. The molecule has 34 heavy (non-hydrogen) atoms. The van der Waals surface area contributed by atoms with Gasteiger partial charge in [0.15, 0.2) is 0 Å². The molecule has 0 atom stereocenters. The molecule has 3 heterocycles. The fourth-order valence-electron chi connectivity index (χ4n) is 4.26. The summed E-state index contributed by atoms with van der Waals surface area (Å²) >= 11 is 12.9. The highest BCUT2D eigenvalue weighted by atomic mass is 35.5. The van der Waals surface area contributed by atoms with Gasteiger partial charge in [0.05, 0.1) is 40.6 Å². The molecule has 4 rings (SSSR count). The Kier molecular flexibility index (Phi) is 6.90. The predicted octanol–water partition coefficient (Wildman–Crippen LogP) is 4.85. The highest BCUT2D eigenvalue weighted by molar-refractivity contribution is 6.69. The molecule has 1 aromatic carbocycles. The van der Waals surface area contributed by atoms with Gasteiger partial charge in [-0.15, -0.1) is 0 Å². The number of benzene rings is 1. The van der Waals surface area contributed by atoms with Crippen molar-refractivity contribution in [1.82, 2.24) is 14.9 Å². The molecule has 2 saturated heterocycles. The molecule has 0 spiro atoms. The van der Waals surface area contributed by atoms with Crippen molar-refractivity contribution in [2.75, 3.05) is 36.4 Å². The van der Waals surface area contributed by atoms with Crippen molar-refractivity contribution in [3.8, 4) is 0 Å². The van der Waals surface area contributed by atoms with E-state index >= 15 is 0 Å². The number of nitrogens with two attached hydrogens (primary N) is 1. The van der Waals surface area contributed by atoms with Crippen LogP contribution in [0.15, 0.2) is 35.2 Å². The molecular weight excluding hydrogens is 483 g/mol. The number of alkyl halides is 2. The number of rotatable bonds is 5. The molecule has 0 bridgehead atoms. The number of hydrogen-bond donors (Lipinski definition) is 2. The highest BCUT2D eigenvalue weighted by Crippen LogP contribution is 2.35. The summed E-state index contributed by atoms with van der Waals surface area (Å²) in [5, 5.41) is 4.67. The molecule has 0 saturated carbocycles. The number of nitrogens with zero attached hydrogens (tertiary/aromatic N) is 5. The summed E-state index contributed by atoms with van der Waals surface area (Å²) in [6, 6.07) is 3.96. The Labute approximate surface area is 208 Å². The molecule has 11 heteroatoms. The van der Waals surface area contributed by atoms with Crippen LogP contribution in [0.2, 0.25) is 5.02 Å². The van der Waals surface area contributed by atoms with E-state index in [2.05, 4.69) is 25.2 Å². The standard InChI is InChI=1S/C23H29Cl2F2N7/c1-22(2,3)32-20(25)18(10-28)31-21-29-11-14-8-16(24)19(9-17(14)30-21)33-6-4-15(5-7-33)34-12-23(26,27)13-34/h8-11,15H,4-7,12-13,28H2,1-3H3,(H,29,30,31). The van der Waals surface area contributed by atoms with Crippen LogP contribution in [0.5, 0.6) is 0 Å². The first-order chi connectivity index (χ1) is 15.9. The van der Waals surface area contributed by atoms with Crippen LogP contribution in [0.4, 0.5) is 20.4 Å². The lowest BCUT2D eigenvalue weighted by Crippen LogP contribution is -2.61. The smallest absolute Gasteiger partial charge is 0.272 e. The number of likely N-dealkylation sites (tertiary alicyclic amines) is 1. The van der Waals surface area contributed by atoms with Gasteiger partial charge in [-0.3, -0.25) is 9.89 Å². The lowest BCUT2D eigenvalue weighted by atomic mass is 9.97. The van der Waals surface area contributed by atoms with Crippen molar-refractivity contribution in [3.05, 3.63) is 35.2 Å². The van der Waals surface area contributed by atoms with Crippen molar-refractivity contribution in [2.24, 2.45) is 10.7 Å². The van der Waals surface area contributed by atoms with Crippen LogP contribution in [-0.2, 0) is 0 Å². The number of allylic oxidation sites excluding steroid dienone is 1. The Bertz CT molecular complexity index is 1110. The van der Waals surface area contributed by atoms with E-state index in [9.17, 15) is 8.78 Å².